The largest absolute Gasteiger partial charge is 0.399 e. The highest BCUT2D eigenvalue weighted by atomic mass is 16.6. The Morgan fingerprint density at radius 1 is 1.58 bits per heavy atom. The van der Waals surface area contributed by atoms with Crippen LogP contribution in [0.5, 0.6) is 0 Å². The summed E-state index contributed by atoms with van der Waals surface area (Å²) < 4.78 is 0. The second kappa shape index (κ2) is 6.69. The first kappa shape index (κ1) is 14.9. The predicted molar refractivity (Wildman–Crippen MR) is 69.2 cm³/mol. The van der Waals surface area contributed by atoms with Gasteiger partial charge in [0.25, 0.3) is 0 Å². The lowest BCUT2D eigenvalue weighted by atomic mass is 10.2. The molecule has 0 amide bonds. The van der Waals surface area contributed by atoms with Crippen LogP contribution >= 0.6 is 0 Å². The van der Waals surface area contributed by atoms with Gasteiger partial charge in [0, 0.05) is 13.6 Å². The molecule has 19 heavy (non-hydrogen) atoms. The topological polar surface area (TPSA) is 102 Å². The number of hydroxylamine groups is 1. The molecule has 0 aliphatic carbocycles. The Hall–Kier alpha value is -2.16. The van der Waals surface area contributed by atoms with E-state index in [4.69, 9.17) is 4.84 Å². The highest BCUT2D eigenvalue weighted by Crippen LogP contribution is 2.14. The number of nitrogens with zero attached hydrogens (tertiary/aromatic N) is 4. The molecule has 1 N–H and O–H groups in total. The van der Waals surface area contributed by atoms with Gasteiger partial charge in [-0.3, -0.25) is 25.4 Å². The molecule has 0 radical (unpaired) electrons. The summed E-state index contributed by atoms with van der Waals surface area (Å²) in [6.45, 7) is 2.72. The molecule has 0 bridgehead atoms. The summed E-state index contributed by atoms with van der Waals surface area (Å²) in [5, 5.41) is 15.0. The van der Waals surface area contributed by atoms with E-state index in [1.54, 1.807) is 18.9 Å². The lowest BCUT2D eigenvalue weighted by Gasteiger charge is -2.14. The first-order chi connectivity index (χ1) is 9.02. The van der Waals surface area contributed by atoms with Crippen LogP contribution in [0.25, 0.3) is 0 Å². The van der Waals surface area contributed by atoms with E-state index < -0.39 is 4.92 Å². The number of nitro groups is 1. The molecule has 1 rings (SSSR count). The zero-order valence-corrected chi connectivity index (χ0v) is 11.3. The molecule has 9 heteroatoms. The van der Waals surface area contributed by atoms with Crippen LogP contribution in [0, 0.1) is 10.1 Å². The second-order valence-corrected chi connectivity index (χ2v) is 3.77. The molecule has 0 saturated heterocycles. The first-order valence-corrected chi connectivity index (χ1v) is 5.54. The fourth-order valence-corrected chi connectivity index (χ4v) is 1.65. The summed E-state index contributed by atoms with van der Waals surface area (Å²) >= 11 is 0. The van der Waals surface area contributed by atoms with Crippen molar-refractivity contribution in [2.75, 3.05) is 34.4 Å². The van der Waals surface area contributed by atoms with Gasteiger partial charge in [-0.05, 0) is 6.92 Å². The molecular formula is C10H17N5O4. The quantitative estimate of drug-likeness (QED) is 0.414. The summed E-state index contributed by atoms with van der Waals surface area (Å²) in [6, 6.07) is 0. The number of hydrogen-bond acceptors (Lipinski definition) is 8. The van der Waals surface area contributed by atoms with E-state index in [2.05, 4.69) is 20.5 Å². The lowest BCUT2D eigenvalue weighted by Crippen LogP contribution is -2.33. The van der Waals surface area contributed by atoms with Gasteiger partial charge in [-0.25, -0.2) is 0 Å². The van der Waals surface area contributed by atoms with Gasteiger partial charge in [0.15, 0.2) is 5.70 Å². The minimum atomic E-state index is -0.517. The molecule has 0 saturated carbocycles. The van der Waals surface area contributed by atoms with Crippen LogP contribution in [0.1, 0.15) is 6.92 Å². The third-order valence-electron chi connectivity index (χ3n) is 2.48. The van der Waals surface area contributed by atoms with Gasteiger partial charge in [-0.15, -0.1) is 0 Å². The summed E-state index contributed by atoms with van der Waals surface area (Å²) in [6.07, 6.45) is 0. The molecule has 0 aromatic carbocycles. The molecule has 106 valence electrons. The Balaban J connectivity index is 3.33. The fraction of sp³-hybridized carbons (Fsp3) is 0.600. The van der Waals surface area contributed by atoms with Crippen LogP contribution < -0.4 is 5.48 Å². The number of oxime groups is 1. The van der Waals surface area contributed by atoms with Crippen molar-refractivity contribution >= 4 is 11.5 Å². The molecule has 0 aromatic heterocycles. The van der Waals surface area contributed by atoms with Crippen molar-refractivity contribution in [2.45, 2.75) is 6.92 Å². The van der Waals surface area contributed by atoms with Crippen molar-refractivity contribution in [3.05, 3.63) is 21.5 Å². The number of rotatable bonds is 6. The van der Waals surface area contributed by atoms with Crippen LogP contribution in [0.15, 0.2) is 21.5 Å². The highest BCUT2D eigenvalue weighted by Gasteiger charge is 2.32. The zero-order valence-electron chi connectivity index (χ0n) is 11.3. The van der Waals surface area contributed by atoms with Gasteiger partial charge in [-0.2, -0.15) is 0 Å². The monoisotopic (exact) mass is 271 g/mol. The van der Waals surface area contributed by atoms with Gasteiger partial charge >= 0.3 is 5.70 Å². The van der Waals surface area contributed by atoms with Crippen LogP contribution in [-0.4, -0.2) is 55.7 Å². The maximum Gasteiger partial charge on any atom is 0.338 e. The Kier molecular flexibility index (Phi) is 5.24. The Morgan fingerprint density at radius 2 is 2.26 bits per heavy atom. The summed E-state index contributed by atoms with van der Waals surface area (Å²) in [7, 11) is 4.46. The standard InChI is InChI=1S/C10H17N5O4/c1-7(12-18-3)8(13-19-4)9(15(16)17)10-11-5-6-14(10)2/h13H,5-6H2,1-4H3/b9-8+,12-7+. The average molecular weight is 271 g/mol. The smallest absolute Gasteiger partial charge is 0.338 e. The summed E-state index contributed by atoms with van der Waals surface area (Å²) in [5.74, 6) is 0.287. The third-order valence-corrected chi connectivity index (χ3v) is 2.48. The molecule has 0 unspecified atom stereocenters. The molecule has 1 heterocycles. The van der Waals surface area contributed by atoms with E-state index in [0.29, 0.717) is 18.8 Å². The molecule has 0 aromatic rings. The predicted octanol–water partition coefficient (Wildman–Crippen LogP) is -0.00810. The first-order valence-electron chi connectivity index (χ1n) is 5.54. The molecule has 1 aliphatic rings. The van der Waals surface area contributed by atoms with Crippen molar-refractivity contribution in [3.8, 4) is 0 Å². The Labute approximate surface area is 110 Å². The minimum Gasteiger partial charge on any atom is -0.399 e. The van der Waals surface area contributed by atoms with Crippen LogP contribution in [0.4, 0.5) is 0 Å². The number of nitrogens with one attached hydrogen (secondary N) is 1. The summed E-state index contributed by atoms with van der Waals surface area (Å²) in [5.41, 5.74) is 2.68. The number of likely N-dealkylation sites (N-methyl/N-ethyl adjacent to an activating group) is 1. The van der Waals surface area contributed by atoms with Crippen molar-refractivity contribution in [1.29, 1.82) is 0 Å². The molecule has 9 nitrogen and oxygen atoms in total. The van der Waals surface area contributed by atoms with Gasteiger partial charge in [0.1, 0.15) is 12.8 Å². The van der Waals surface area contributed by atoms with E-state index in [1.807, 2.05) is 0 Å². The number of hydrogen-bond donors (Lipinski definition) is 1. The maximum absolute atomic E-state index is 11.3. The van der Waals surface area contributed by atoms with Gasteiger partial charge in [0.05, 0.1) is 18.6 Å². The van der Waals surface area contributed by atoms with Crippen LogP contribution in [0.2, 0.25) is 0 Å². The van der Waals surface area contributed by atoms with Crippen molar-refractivity contribution in [1.82, 2.24) is 10.4 Å². The van der Waals surface area contributed by atoms with E-state index in [0.717, 1.165) is 0 Å². The van der Waals surface area contributed by atoms with Crippen molar-refractivity contribution in [3.63, 3.8) is 0 Å². The highest BCUT2D eigenvalue weighted by molar-refractivity contribution is 6.07. The van der Waals surface area contributed by atoms with Gasteiger partial charge in [0.2, 0.25) is 5.84 Å². The molecular weight excluding hydrogens is 254 g/mol. The van der Waals surface area contributed by atoms with E-state index in [1.165, 1.54) is 14.2 Å². The Morgan fingerprint density at radius 3 is 2.68 bits per heavy atom. The SMILES string of the molecule is CO/N=C(C)/C(NOC)=C(/C1=NCCN1C)[N+](=O)[O-]. The van der Waals surface area contributed by atoms with Crippen LogP contribution in [-0.2, 0) is 9.68 Å². The third kappa shape index (κ3) is 3.41. The molecule has 0 spiro atoms. The second-order valence-electron chi connectivity index (χ2n) is 3.77. The average Bonchev–Trinajstić information content (AvgIpc) is 2.75. The number of allylic oxidation sites excluding steroid dienone is 1. The van der Waals surface area contributed by atoms with Gasteiger partial charge in [-0.1, -0.05) is 5.16 Å². The molecule has 1 aliphatic heterocycles. The molecule has 0 atom stereocenters. The Bertz CT molecular complexity index is 443. The number of aliphatic imine (C=N–C) groups is 1. The molecule has 0 fully saturated rings. The normalized spacial score (nSPS) is 16.9. The van der Waals surface area contributed by atoms with E-state index in [-0.39, 0.29) is 17.2 Å². The van der Waals surface area contributed by atoms with E-state index >= 15 is 0 Å². The zero-order chi connectivity index (χ0) is 14.4. The van der Waals surface area contributed by atoms with Crippen molar-refractivity contribution in [2.24, 2.45) is 10.1 Å². The minimum absolute atomic E-state index is 0.113. The van der Waals surface area contributed by atoms with Crippen molar-refractivity contribution < 1.29 is 14.6 Å². The summed E-state index contributed by atoms with van der Waals surface area (Å²) in [4.78, 5) is 26.0. The van der Waals surface area contributed by atoms with E-state index in [9.17, 15) is 10.1 Å². The van der Waals surface area contributed by atoms with Crippen LogP contribution in [0.3, 0.4) is 0 Å². The number of amidine groups is 1. The lowest BCUT2D eigenvalue weighted by molar-refractivity contribution is -0.417. The fourth-order valence-electron chi connectivity index (χ4n) is 1.65. The maximum atomic E-state index is 11.3. The van der Waals surface area contributed by atoms with Gasteiger partial charge < -0.3 is 9.74 Å².